The SMILES string of the molecule is CC1CCC(NC(c2ccccc2)C2CCCCC2)C1. The maximum atomic E-state index is 4.03. The van der Waals surface area contributed by atoms with Crippen LogP contribution in [0.2, 0.25) is 0 Å². The maximum absolute atomic E-state index is 4.03. The van der Waals surface area contributed by atoms with Crippen molar-refractivity contribution < 1.29 is 0 Å². The molecule has 1 nitrogen and oxygen atoms in total. The standard InChI is InChI=1S/C19H29N/c1-15-12-13-18(14-15)20-19(16-8-4-2-5-9-16)17-10-6-3-7-11-17/h2,4-5,8-9,15,17-20H,3,6-7,10-14H2,1H3. The van der Waals surface area contributed by atoms with E-state index in [0.717, 1.165) is 17.9 Å². The number of benzene rings is 1. The quantitative estimate of drug-likeness (QED) is 0.804. The summed E-state index contributed by atoms with van der Waals surface area (Å²) in [5, 5.41) is 4.03. The van der Waals surface area contributed by atoms with Crippen LogP contribution in [0.25, 0.3) is 0 Å². The molecule has 1 N–H and O–H groups in total. The Balaban J connectivity index is 1.72. The number of rotatable bonds is 4. The molecule has 1 heteroatoms. The van der Waals surface area contributed by atoms with Crippen molar-refractivity contribution in [2.45, 2.75) is 70.4 Å². The third-order valence-corrected chi connectivity index (χ3v) is 5.39. The second kappa shape index (κ2) is 6.76. The van der Waals surface area contributed by atoms with Gasteiger partial charge in [-0.3, -0.25) is 0 Å². The predicted molar refractivity (Wildman–Crippen MR) is 85.7 cm³/mol. The Bertz CT molecular complexity index is 393. The highest BCUT2D eigenvalue weighted by Gasteiger charge is 2.29. The van der Waals surface area contributed by atoms with Crippen LogP contribution in [-0.4, -0.2) is 6.04 Å². The van der Waals surface area contributed by atoms with Gasteiger partial charge in [-0.1, -0.05) is 56.5 Å². The molecule has 3 atom stereocenters. The van der Waals surface area contributed by atoms with Gasteiger partial charge < -0.3 is 5.32 Å². The van der Waals surface area contributed by atoms with E-state index in [1.165, 1.54) is 56.9 Å². The van der Waals surface area contributed by atoms with Crippen LogP contribution >= 0.6 is 0 Å². The topological polar surface area (TPSA) is 12.0 Å². The molecule has 0 radical (unpaired) electrons. The minimum atomic E-state index is 0.590. The summed E-state index contributed by atoms with van der Waals surface area (Å²) in [5.74, 6) is 1.76. The van der Waals surface area contributed by atoms with Crippen LogP contribution in [0, 0.1) is 11.8 Å². The molecule has 0 aromatic heterocycles. The van der Waals surface area contributed by atoms with Crippen molar-refractivity contribution in [3.05, 3.63) is 35.9 Å². The fourth-order valence-corrected chi connectivity index (χ4v) is 4.24. The summed E-state index contributed by atoms with van der Waals surface area (Å²) >= 11 is 0. The second-order valence-electron chi connectivity index (χ2n) is 7.07. The van der Waals surface area contributed by atoms with Gasteiger partial charge in [0.25, 0.3) is 0 Å². The van der Waals surface area contributed by atoms with Crippen LogP contribution in [0.15, 0.2) is 30.3 Å². The first-order chi connectivity index (χ1) is 9.83. The molecular formula is C19H29N. The van der Waals surface area contributed by atoms with Crippen molar-refractivity contribution in [2.75, 3.05) is 0 Å². The molecule has 3 rings (SSSR count). The van der Waals surface area contributed by atoms with Gasteiger partial charge in [-0.15, -0.1) is 0 Å². The lowest BCUT2D eigenvalue weighted by atomic mass is 9.80. The molecule has 2 fully saturated rings. The van der Waals surface area contributed by atoms with E-state index in [9.17, 15) is 0 Å². The molecule has 2 aliphatic carbocycles. The Morgan fingerprint density at radius 3 is 2.35 bits per heavy atom. The van der Waals surface area contributed by atoms with Crippen LogP contribution in [0.1, 0.15) is 69.9 Å². The molecule has 0 amide bonds. The maximum Gasteiger partial charge on any atom is 0.0351 e. The van der Waals surface area contributed by atoms with Crippen molar-refractivity contribution in [3.63, 3.8) is 0 Å². The van der Waals surface area contributed by atoms with E-state index >= 15 is 0 Å². The van der Waals surface area contributed by atoms with Crippen LogP contribution in [0.4, 0.5) is 0 Å². The highest BCUT2D eigenvalue weighted by molar-refractivity contribution is 5.20. The van der Waals surface area contributed by atoms with Crippen LogP contribution in [-0.2, 0) is 0 Å². The van der Waals surface area contributed by atoms with Crippen LogP contribution in [0.5, 0.6) is 0 Å². The van der Waals surface area contributed by atoms with Gasteiger partial charge in [0.05, 0.1) is 0 Å². The molecule has 20 heavy (non-hydrogen) atoms. The van der Waals surface area contributed by atoms with E-state index in [4.69, 9.17) is 0 Å². The van der Waals surface area contributed by atoms with Gasteiger partial charge in [-0.2, -0.15) is 0 Å². The van der Waals surface area contributed by atoms with Crippen LogP contribution in [0.3, 0.4) is 0 Å². The molecule has 0 spiro atoms. The van der Waals surface area contributed by atoms with Gasteiger partial charge in [0.2, 0.25) is 0 Å². The van der Waals surface area contributed by atoms with Crippen molar-refractivity contribution in [1.29, 1.82) is 0 Å². The second-order valence-corrected chi connectivity index (χ2v) is 7.07. The lowest BCUT2D eigenvalue weighted by Crippen LogP contribution is -2.36. The Labute approximate surface area is 124 Å². The Hall–Kier alpha value is -0.820. The van der Waals surface area contributed by atoms with Gasteiger partial charge in [0, 0.05) is 12.1 Å². The van der Waals surface area contributed by atoms with Gasteiger partial charge in [-0.05, 0) is 49.5 Å². The Morgan fingerprint density at radius 1 is 0.950 bits per heavy atom. The molecule has 0 aliphatic heterocycles. The lowest BCUT2D eigenvalue weighted by Gasteiger charge is -2.33. The first-order valence-electron chi connectivity index (χ1n) is 8.64. The number of hydrogen-bond acceptors (Lipinski definition) is 1. The molecular weight excluding hydrogens is 242 g/mol. The summed E-state index contributed by atoms with van der Waals surface area (Å²) in [7, 11) is 0. The zero-order valence-electron chi connectivity index (χ0n) is 12.9. The highest BCUT2D eigenvalue weighted by Crippen LogP contribution is 2.36. The normalized spacial score (nSPS) is 29.4. The molecule has 0 saturated heterocycles. The number of nitrogens with one attached hydrogen (secondary N) is 1. The minimum Gasteiger partial charge on any atom is -0.307 e. The Kier molecular flexibility index (Phi) is 4.77. The molecule has 2 aliphatic rings. The highest BCUT2D eigenvalue weighted by atomic mass is 15.0. The van der Waals surface area contributed by atoms with E-state index in [0.29, 0.717) is 6.04 Å². The predicted octanol–water partition coefficient (Wildman–Crippen LogP) is 5.09. The van der Waals surface area contributed by atoms with E-state index in [1.807, 2.05) is 0 Å². The summed E-state index contributed by atoms with van der Waals surface area (Å²) in [6.45, 7) is 2.40. The van der Waals surface area contributed by atoms with Gasteiger partial charge >= 0.3 is 0 Å². The zero-order chi connectivity index (χ0) is 13.8. The van der Waals surface area contributed by atoms with E-state index in [-0.39, 0.29) is 0 Å². The summed E-state index contributed by atoms with van der Waals surface area (Å²) in [6, 6.07) is 12.5. The Morgan fingerprint density at radius 2 is 1.70 bits per heavy atom. The van der Waals surface area contributed by atoms with Crippen molar-refractivity contribution in [2.24, 2.45) is 11.8 Å². The number of hydrogen-bond donors (Lipinski definition) is 1. The summed E-state index contributed by atoms with van der Waals surface area (Å²) in [5.41, 5.74) is 1.51. The molecule has 1 aromatic carbocycles. The molecule has 3 unspecified atom stereocenters. The summed E-state index contributed by atoms with van der Waals surface area (Å²) in [6.07, 6.45) is 11.3. The van der Waals surface area contributed by atoms with E-state index in [2.05, 4.69) is 42.6 Å². The molecule has 0 bridgehead atoms. The largest absolute Gasteiger partial charge is 0.307 e. The third-order valence-electron chi connectivity index (χ3n) is 5.39. The van der Waals surface area contributed by atoms with Crippen LogP contribution < -0.4 is 5.32 Å². The van der Waals surface area contributed by atoms with Crippen molar-refractivity contribution >= 4 is 0 Å². The molecule has 2 saturated carbocycles. The molecule has 1 aromatic rings. The van der Waals surface area contributed by atoms with Crippen molar-refractivity contribution in [1.82, 2.24) is 5.32 Å². The van der Waals surface area contributed by atoms with Gasteiger partial charge in [0.1, 0.15) is 0 Å². The summed E-state index contributed by atoms with van der Waals surface area (Å²) in [4.78, 5) is 0. The lowest BCUT2D eigenvalue weighted by molar-refractivity contribution is 0.252. The third kappa shape index (κ3) is 3.44. The molecule has 110 valence electrons. The average molecular weight is 271 g/mol. The fraction of sp³-hybridized carbons (Fsp3) is 0.684. The monoisotopic (exact) mass is 271 g/mol. The molecule has 0 heterocycles. The van der Waals surface area contributed by atoms with E-state index in [1.54, 1.807) is 0 Å². The first kappa shape index (κ1) is 14.1. The van der Waals surface area contributed by atoms with E-state index < -0.39 is 0 Å². The smallest absolute Gasteiger partial charge is 0.0351 e. The summed E-state index contributed by atoms with van der Waals surface area (Å²) < 4.78 is 0. The minimum absolute atomic E-state index is 0.590. The van der Waals surface area contributed by atoms with Gasteiger partial charge in [0.15, 0.2) is 0 Å². The first-order valence-corrected chi connectivity index (χ1v) is 8.64. The van der Waals surface area contributed by atoms with Crippen molar-refractivity contribution in [3.8, 4) is 0 Å². The average Bonchev–Trinajstić information content (AvgIpc) is 2.92. The fourth-order valence-electron chi connectivity index (χ4n) is 4.24. The zero-order valence-corrected chi connectivity index (χ0v) is 12.9. The van der Waals surface area contributed by atoms with Gasteiger partial charge in [-0.25, -0.2) is 0 Å².